The molecule has 25 heavy (non-hydrogen) atoms. The molecular formula is C16H17F3N2O3S. The molecule has 2 heterocycles. The number of fused-ring (bicyclic) bond motifs is 1. The monoisotopic (exact) mass is 374 g/mol. The molecule has 136 valence electrons. The molecule has 0 bridgehead atoms. The Morgan fingerprint density at radius 2 is 2.08 bits per heavy atom. The molecule has 1 aliphatic rings. The molecule has 0 aliphatic carbocycles. The minimum absolute atomic E-state index is 0.185. The molecule has 1 atom stereocenters. The predicted molar refractivity (Wildman–Crippen MR) is 87.6 cm³/mol. The molecule has 3 rings (SSSR count). The third kappa shape index (κ3) is 3.72. The van der Waals surface area contributed by atoms with E-state index in [2.05, 4.69) is 9.72 Å². The number of rotatable bonds is 3. The van der Waals surface area contributed by atoms with Gasteiger partial charge < -0.3 is 14.7 Å². The van der Waals surface area contributed by atoms with E-state index >= 15 is 0 Å². The van der Waals surface area contributed by atoms with Crippen LogP contribution in [0.4, 0.5) is 18.3 Å². The van der Waals surface area contributed by atoms with Gasteiger partial charge in [-0.2, -0.15) is 13.2 Å². The molecule has 1 aromatic heterocycles. The maximum Gasteiger partial charge on any atom is 0.416 e. The van der Waals surface area contributed by atoms with Crippen molar-refractivity contribution >= 4 is 32.7 Å². The summed E-state index contributed by atoms with van der Waals surface area (Å²) in [5.41, 5.74) is -0.386. The molecule has 1 unspecified atom stereocenters. The van der Waals surface area contributed by atoms with Crippen LogP contribution in [0.15, 0.2) is 18.2 Å². The smallest absolute Gasteiger partial charge is 0.416 e. The zero-order valence-corrected chi connectivity index (χ0v) is 14.2. The molecule has 1 aromatic carbocycles. The highest BCUT2D eigenvalue weighted by molar-refractivity contribution is 7.22. The highest BCUT2D eigenvalue weighted by atomic mass is 32.1. The lowest BCUT2D eigenvalue weighted by atomic mass is 9.91. The Morgan fingerprint density at radius 3 is 2.68 bits per heavy atom. The number of hydrogen-bond acceptors (Lipinski definition) is 6. The minimum Gasteiger partial charge on any atom is -0.467 e. The molecule has 0 saturated carbocycles. The number of carbonyl (C=O) groups excluding carboxylic acids is 1. The zero-order chi connectivity index (χ0) is 18.2. The normalized spacial score (nSPS) is 17.7. The Bertz CT molecular complexity index is 770. The fraction of sp³-hybridized carbons (Fsp3) is 0.500. The van der Waals surface area contributed by atoms with Crippen molar-refractivity contribution in [2.24, 2.45) is 5.92 Å². The molecule has 1 aliphatic heterocycles. The van der Waals surface area contributed by atoms with Crippen LogP contribution in [0.2, 0.25) is 0 Å². The number of aromatic nitrogens is 1. The van der Waals surface area contributed by atoms with E-state index in [1.54, 1.807) is 0 Å². The first-order valence-corrected chi connectivity index (χ1v) is 8.60. The zero-order valence-electron chi connectivity index (χ0n) is 13.4. The van der Waals surface area contributed by atoms with E-state index in [1.165, 1.54) is 24.5 Å². The van der Waals surface area contributed by atoms with Gasteiger partial charge in [-0.05, 0) is 37.0 Å². The van der Waals surface area contributed by atoms with E-state index < -0.39 is 23.8 Å². The third-order valence-electron chi connectivity index (χ3n) is 4.40. The summed E-state index contributed by atoms with van der Waals surface area (Å²) >= 11 is 1.34. The molecule has 0 radical (unpaired) electrons. The van der Waals surface area contributed by atoms with E-state index in [9.17, 15) is 23.1 Å². The van der Waals surface area contributed by atoms with Crippen LogP contribution in [0.1, 0.15) is 18.4 Å². The first-order chi connectivity index (χ1) is 11.8. The largest absolute Gasteiger partial charge is 0.467 e. The number of aliphatic hydroxyl groups excluding tert-OH is 1. The minimum atomic E-state index is -4.39. The lowest BCUT2D eigenvalue weighted by molar-refractivity contribution is -0.153. The van der Waals surface area contributed by atoms with E-state index in [0.717, 1.165) is 12.1 Å². The summed E-state index contributed by atoms with van der Waals surface area (Å²) in [6, 6.07) is 3.55. The summed E-state index contributed by atoms with van der Waals surface area (Å²) in [7, 11) is 1.23. The van der Waals surface area contributed by atoms with Crippen molar-refractivity contribution in [3.05, 3.63) is 23.8 Å². The molecule has 5 nitrogen and oxygen atoms in total. The second-order valence-electron chi connectivity index (χ2n) is 5.97. The standard InChI is InChI=1S/C16H17F3N2O3S/c1-24-14(23)13(22)9-4-6-21(7-5-9)15-20-11-8-10(16(17,18)19)2-3-12(11)25-15/h2-3,8-9,13,22H,4-7H2,1H3. The van der Waals surface area contributed by atoms with E-state index in [4.69, 9.17) is 0 Å². The Kier molecular flexibility index (Phi) is 4.88. The van der Waals surface area contributed by atoms with Gasteiger partial charge in [0.05, 0.1) is 22.9 Å². The summed E-state index contributed by atoms with van der Waals surface area (Å²) in [6.45, 7) is 1.15. The first-order valence-electron chi connectivity index (χ1n) is 7.78. The number of nitrogens with zero attached hydrogens (tertiary/aromatic N) is 2. The average Bonchev–Trinajstić information content (AvgIpc) is 3.03. The van der Waals surface area contributed by atoms with Crippen molar-refractivity contribution in [1.29, 1.82) is 0 Å². The number of thiazole rings is 1. The van der Waals surface area contributed by atoms with Crippen molar-refractivity contribution in [2.75, 3.05) is 25.1 Å². The summed E-state index contributed by atoms with van der Waals surface area (Å²) in [6.07, 6.45) is -4.36. The van der Waals surface area contributed by atoms with Crippen LogP contribution >= 0.6 is 11.3 Å². The van der Waals surface area contributed by atoms with Crippen LogP contribution in [0.25, 0.3) is 10.2 Å². The Morgan fingerprint density at radius 1 is 1.40 bits per heavy atom. The number of aliphatic hydroxyl groups is 1. The van der Waals surface area contributed by atoms with Gasteiger partial charge in [0.25, 0.3) is 0 Å². The fourth-order valence-corrected chi connectivity index (χ4v) is 3.94. The second-order valence-corrected chi connectivity index (χ2v) is 6.98. The van der Waals surface area contributed by atoms with Gasteiger partial charge in [-0.3, -0.25) is 0 Å². The lowest BCUT2D eigenvalue weighted by Crippen LogP contribution is -2.40. The maximum atomic E-state index is 12.8. The first kappa shape index (κ1) is 17.9. The van der Waals surface area contributed by atoms with Gasteiger partial charge in [-0.15, -0.1) is 0 Å². The number of carbonyl (C=O) groups is 1. The van der Waals surface area contributed by atoms with Crippen molar-refractivity contribution in [2.45, 2.75) is 25.1 Å². The highest BCUT2D eigenvalue weighted by Crippen LogP contribution is 2.36. The Labute approximate surface area is 146 Å². The van der Waals surface area contributed by atoms with Crippen molar-refractivity contribution < 1.29 is 27.8 Å². The van der Waals surface area contributed by atoms with Crippen molar-refractivity contribution in [3.8, 4) is 0 Å². The van der Waals surface area contributed by atoms with Gasteiger partial charge in [0.2, 0.25) is 0 Å². The lowest BCUT2D eigenvalue weighted by Gasteiger charge is -2.33. The number of piperidine rings is 1. The van der Waals surface area contributed by atoms with Crippen molar-refractivity contribution in [1.82, 2.24) is 4.98 Å². The Balaban J connectivity index is 1.72. The molecule has 0 amide bonds. The van der Waals surface area contributed by atoms with Crippen LogP contribution in [0.5, 0.6) is 0 Å². The number of esters is 1. The van der Waals surface area contributed by atoms with Gasteiger partial charge in [0, 0.05) is 13.1 Å². The number of alkyl halides is 3. The highest BCUT2D eigenvalue weighted by Gasteiger charge is 2.32. The quantitative estimate of drug-likeness (QED) is 0.837. The molecule has 0 spiro atoms. The van der Waals surface area contributed by atoms with E-state index in [0.29, 0.717) is 41.3 Å². The van der Waals surface area contributed by atoms with Crippen molar-refractivity contribution in [3.63, 3.8) is 0 Å². The molecule has 9 heteroatoms. The SMILES string of the molecule is COC(=O)C(O)C1CCN(c2nc3cc(C(F)(F)F)ccc3s2)CC1. The van der Waals surface area contributed by atoms with E-state index in [-0.39, 0.29) is 5.92 Å². The van der Waals surface area contributed by atoms with Crippen LogP contribution in [0.3, 0.4) is 0 Å². The topological polar surface area (TPSA) is 62.7 Å². The average molecular weight is 374 g/mol. The molecule has 1 fully saturated rings. The predicted octanol–water partition coefficient (Wildman–Crippen LogP) is 3.07. The molecule has 1 saturated heterocycles. The van der Waals surface area contributed by atoms with Gasteiger partial charge in [0.1, 0.15) is 0 Å². The molecule has 2 aromatic rings. The van der Waals surface area contributed by atoms with Crippen LogP contribution in [-0.2, 0) is 15.7 Å². The summed E-state index contributed by atoms with van der Waals surface area (Å²) < 4.78 is 43.6. The van der Waals surface area contributed by atoms with Crippen LogP contribution in [-0.4, -0.2) is 42.4 Å². The van der Waals surface area contributed by atoms with Crippen LogP contribution in [0, 0.1) is 5.92 Å². The van der Waals surface area contributed by atoms with Gasteiger partial charge in [-0.1, -0.05) is 11.3 Å². The number of halogens is 3. The number of ether oxygens (including phenoxy) is 1. The molecule has 1 N–H and O–H groups in total. The number of anilines is 1. The number of methoxy groups -OCH3 is 1. The number of hydrogen-bond donors (Lipinski definition) is 1. The second kappa shape index (κ2) is 6.80. The third-order valence-corrected chi connectivity index (χ3v) is 5.50. The summed E-state index contributed by atoms with van der Waals surface area (Å²) in [5, 5.41) is 10.6. The summed E-state index contributed by atoms with van der Waals surface area (Å²) in [5.74, 6) is -0.826. The maximum absolute atomic E-state index is 12.8. The number of benzene rings is 1. The van der Waals surface area contributed by atoms with E-state index in [1.807, 2.05) is 4.90 Å². The Hall–Kier alpha value is -1.87. The van der Waals surface area contributed by atoms with Gasteiger partial charge in [0.15, 0.2) is 11.2 Å². The molecular weight excluding hydrogens is 357 g/mol. The summed E-state index contributed by atoms with van der Waals surface area (Å²) in [4.78, 5) is 17.7. The van der Waals surface area contributed by atoms with Gasteiger partial charge in [-0.25, -0.2) is 9.78 Å². The van der Waals surface area contributed by atoms with Crippen LogP contribution < -0.4 is 4.90 Å². The van der Waals surface area contributed by atoms with Gasteiger partial charge >= 0.3 is 12.1 Å². The fourth-order valence-electron chi connectivity index (χ4n) is 2.95.